The van der Waals surface area contributed by atoms with Crippen LogP contribution in [0.2, 0.25) is 0 Å². The van der Waals surface area contributed by atoms with Crippen molar-refractivity contribution in [3.63, 3.8) is 0 Å². The van der Waals surface area contributed by atoms with Gasteiger partial charge in [0.1, 0.15) is 0 Å². The maximum atomic E-state index is 12.2. The van der Waals surface area contributed by atoms with Gasteiger partial charge >= 0.3 is 0 Å². The Morgan fingerprint density at radius 3 is 2.17 bits per heavy atom. The van der Waals surface area contributed by atoms with Crippen molar-refractivity contribution >= 4 is 11.6 Å². The van der Waals surface area contributed by atoms with Gasteiger partial charge in [-0.1, -0.05) is 80.1 Å². The van der Waals surface area contributed by atoms with Crippen molar-refractivity contribution in [1.29, 1.82) is 0 Å². The minimum atomic E-state index is 0.0393. The fourth-order valence-corrected chi connectivity index (χ4v) is 3.24. The molecule has 0 saturated heterocycles. The van der Waals surface area contributed by atoms with E-state index in [1.807, 2.05) is 36.4 Å². The third-order valence-corrected chi connectivity index (χ3v) is 5.03. The average molecular weight is 387 g/mol. The molecule has 1 amide bonds. The highest BCUT2D eigenvalue weighted by Crippen LogP contribution is 2.16. The molecule has 3 nitrogen and oxygen atoms in total. The quantitative estimate of drug-likeness (QED) is 0.530. The first-order valence-electron chi connectivity index (χ1n) is 10.2. The monoisotopic (exact) mass is 386 g/mol. The van der Waals surface area contributed by atoms with Gasteiger partial charge in [0.15, 0.2) is 0 Å². The Morgan fingerprint density at radius 1 is 0.828 bits per heavy atom. The fraction of sp³-hybridized carbons (Fsp3) is 0.269. The number of nitrogens with one attached hydrogen (secondary N) is 2. The molecule has 0 aliphatic heterocycles. The van der Waals surface area contributed by atoms with Gasteiger partial charge in [0.05, 0.1) is 6.42 Å². The van der Waals surface area contributed by atoms with Gasteiger partial charge in [-0.05, 0) is 47.2 Å². The van der Waals surface area contributed by atoms with E-state index in [4.69, 9.17) is 0 Å². The number of benzene rings is 3. The molecule has 0 aliphatic carbocycles. The highest BCUT2D eigenvalue weighted by atomic mass is 16.1. The summed E-state index contributed by atoms with van der Waals surface area (Å²) in [5, 5.41) is 6.44. The van der Waals surface area contributed by atoms with Gasteiger partial charge in [-0.25, -0.2) is 0 Å². The molecular formula is C26H30N2O. The minimum absolute atomic E-state index is 0.0393. The summed E-state index contributed by atoms with van der Waals surface area (Å²) in [6.45, 7) is 7.82. The van der Waals surface area contributed by atoms with Gasteiger partial charge in [0.25, 0.3) is 0 Å². The lowest BCUT2D eigenvalue weighted by molar-refractivity contribution is -0.120. The van der Waals surface area contributed by atoms with Gasteiger partial charge in [0.2, 0.25) is 5.91 Å². The molecule has 3 aromatic rings. The number of carbonyl (C=O) groups excluding carboxylic acids is 1. The number of carbonyl (C=O) groups is 1. The zero-order chi connectivity index (χ0) is 20.6. The molecule has 3 heteroatoms. The van der Waals surface area contributed by atoms with Gasteiger partial charge in [-0.15, -0.1) is 0 Å². The topological polar surface area (TPSA) is 41.1 Å². The Hall–Kier alpha value is -3.07. The van der Waals surface area contributed by atoms with Gasteiger partial charge in [-0.2, -0.15) is 0 Å². The molecule has 29 heavy (non-hydrogen) atoms. The fourth-order valence-electron chi connectivity index (χ4n) is 3.24. The molecule has 3 rings (SSSR count). The van der Waals surface area contributed by atoms with Crippen LogP contribution in [0.4, 0.5) is 5.69 Å². The molecule has 0 aromatic heterocycles. The number of aryl methyl sites for hydroxylation is 1. The van der Waals surface area contributed by atoms with Crippen LogP contribution >= 0.6 is 0 Å². The Kier molecular flexibility index (Phi) is 7.07. The maximum Gasteiger partial charge on any atom is 0.224 e. The molecule has 0 fully saturated rings. The van der Waals surface area contributed by atoms with Crippen LogP contribution in [0.15, 0.2) is 72.8 Å². The predicted molar refractivity (Wildman–Crippen MR) is 121 cm³/mol. The summed E-state index contributed by atoms with van der Waals surface area (Å²) in [4.78, 5) is 12.2. The van der Waals surface area contributed by atoms with Crippen LogP contribution in [0, 0.1) is 6.92 Å². The molecule has 0 spiro atoms. The van der Waals surface area contributed by atoms with Crippen LogP contribution in [0.5, 0.6) is 0 Å². The van der Waals surface area contributed by atoms with Gasteiger partial charge in [-0.3, -0.25) is 4.79 Å². The summed E-state index contributed by atoms with van der Waals surface area (Å²) in [6, 6.07) is 25.0. The van der Waals surface area contributed by atoms with Crippen LogP contribution in [-0.4, -0.2) is 5.91 Å². The SMILES string of the molecule is Cc1cccc(CNC(=O)Cc2ccc(NCc3ccc(C(C)C)cc3)cc2)c1. The van der Waals surface area contributed by atoms with Crippen molar-refractivity contribution in [2.45, 2.75) is 46.2 Å². The molecule has 0 radical (unpaired) electrons. The summed E-state index contributed by atoms with van der Waals surface area (Å²) in [5.41, 5.74) is 7.02. The largest absolute Gasteiger partial charge is 0.381 e. The van der Waals surface area contributed by atoms with E-state index in [1.54, 1.807) is 0 Å². The van der Waals surface area contributed by atoms with Crippen molar-refractivity contribution < 1.29 is 4.79 Å². The van der Waals surface area contributed by atoms with E-state index >= 15 is 0 Å². The normalized spacial score (nSPS) is 10.8. The van der Waals surface area contributed by atoms with Crippen LogP contribution in [0.25, 0.3) is 0 Å². The van der Waals surface area contributed by atoms with Crippen LogP contribution < -0.4 is 10.6 Å². The van der Waals surface area contributed by atoms with Crippen molar-refractivity contribution in [3.05, 3.63) is 101 Å². The maximum absolute atomic E-state index is 12.2. The smallest absolute Gasteiger partial charge is 0.224 e. The Bertz CT molecular complexity index is 928. The average Bonchev–Trinajstić information content (AvgIpc) is 2.72. The van der Waals surface area contributed by atoms with E-state index in [-0.39, 0.29) is 5.91 Å². The zero-order valence-electron chi connectivity index (χ0n) is 17.5. The van der Waals surface area contributed by atoms with E-state index in [1.165, 1.54) is 16.7 Å². The van der Waals surface area contributed by atoms with Crippen molar-refractivity contribution in [3.8, 4) is 0 Å². The van der Waals surface area contributed by atoms with E-state index in [0.717, 1.165) is 23.4 Å². The standard InChI is InChI=1S/C26H30N2O/c1-19(2)24-11-7-22(8-12-24)17-27-25-13-9-21(10-14-25)16-26(29)28-18-23-6-4-5-20(3)15-23/h4-15,19,27H,16-18H2,1-3H3,(H,28,29). The minimum Gasteiger partial charge on any atom is -0.381 e. The van der Waals surface area contributed by atoms with Crippen LogP contribution in [0.1, 0.15) is 47.6 Å². The molecule has 3 aromatic carbocycles. The molecule has 0 bridgehead atoms. The molecular weight excluding hydrogens is 356 g/mol. The first kappa shape index (κ1) is 20.7. The molecule has 0 saturated carbocycles. The highest BCUT2D eigenvalue weighted by Gasteiger charge is 2.04. The Balaban J connectivity index is 1.46. The number of anilines is 1. The van der Waals surface area contributed by atoms with Crippen LogP contribution in [-0.2, 0) is 24.3 Å². The molecule has 0 aliphatic rings. The summed E-state index contributed by atoms with van der Waals surface area (Å²) in [5.74, 6) is 0.594. The molecule has 150 valence electrons. The number of hydrogen-bond donors (Lipinski definition) is 2. The van der Waals surface area contributed by atoms with Gasteiger partial charge in [0, 0.05) is 18.8 Å². The van der Waals surface area contributed by atoms with E-state index in [2.05, 4.69) is 67.8 Å². The number of hydrogen-bond acceptors (Lipinski definition) is 2. The first-order chi connectivity index (χ1) is 14.0. The Labute approximate surface area is 174 Å². The molecule has 0 unspecified atom stereocenters. The van der Waals surface area contributed by atoms with E-state index in [9.17, 15) is 4.79 Å². The van der Waals surface area contributed by atoms with E-state index < -0.39 is 0 Å². The summed E-state index contributed by atoms with van der Waals surface area (Å²) in [6.07, 6.45) is 0.392. The van der Waals surface area contributed by atoms with Crippen molar-refractivity contribution in [1.82, 2.24) is 5.32 Å². The predicted octanol–water partition coefficient (Wildman–Crippen LogP) is 5.59. The highest BCUT2D eigenvalue weighted by molar-refractivity contribution is 5.78. The third kappa shape index (κ3) is 6.49. The van der Waals surface area contributed by atoms with Crippen molar-refractivity contribution in [2.24, 2.45) is 0 Å². The number of rotatable bonds is 8. The zero-order valence-corrected chi connectivity index (χ0v) is 17.5. The van der Waals surface area contributed by atoms with Crippen LogP contribution in [0.3, 0.4) is 0 Å². The second-order valence-electron chi connectivity index (χ2n) is 7.89. The lowest BCUT2D eigenvalue weighted by Gasteiger charge is -2.10. The third-order valence-electron chi connectivity index (χ3n) is 5.03. The lowest BCUT2D eigenvalue weighted by atomic mass is 10.0. The van der Waals surface area contributed by atoms with E-state index in [0.29, 0.717) is 18.9 Å². The first-order valence-corrected chi connectivity index (χ1v) is 10.2. The Morgan fingerprint density at radius 2 is 1.52 bits per heavy atom. The lowest BCUT2D eigenvalue weighted by Crippen LogP contribution is -2.24. The molecule has 2 N–H and O–H groups in total. The van der Waals surface area contributed by atoms with Gasteiger partial charge < -0.3 is 10.6 Å². The second kappa shape index (κ2) is 9.92. The summed E-state index contributed by atoms with van der Waals surface area (Å²) < 4.78 is 0. The molecule has 0 atom stereocenters. The van der Waals surface area contributed by atoms with Crippen molar-refractivity contribution in [2.75, 3.05) is 5.32 Å². The number of amides is 1. The second-order valence-corrected chi connectivity index (χ2v) is 7.89. The summed E-state index contributed by atoms with van der Waals surface area (Å²) >= 11 is 0. The molecule has 0 heterocycles. The summed E-state index contributed by atoms with van der Waals surface area (Å²) in [7, 11) is 0.